The van der Waals surface area contributed by atoms with E-state index in [9.17, 15) is 0 Å². The summed E-state index contributed by atoms with van der Waals surface area (Å²) in [7, 11) is 0. The van der Waals surface area contributed by atoms with Gasteiger partial charge in [0.15, 0.2) is 0 Å². The van der Waals surface area contributed by atoms with Gasteiger partial charge in [-0.05, 0) is 100 Å². The molecule has 0 saturated carbocycles. The summed E-state index contributed by atoms with van der Waals surface area (Å²) in [6, 6.07) is 87.0. The van der Waals surface area contributed by atoms with Gasteiger partial charge in [0, 0.05) is 66.1 Å². The minimum absolute atomic E-state index is 0.853. The van der Waals surface area contributed by atoms with Crippen LogP contribution < -0.4 is 4.90 Å². The lowest BCUT2D eigenvalue weighted by atomic mass is 9.97. The predicted molar refractivity (Wildman–Crippen MR) is 284 cm³/mol. The standard InChI is InChI=1S/C64H40N2O2/c1-2-15-44-38-45(29-28-41(44)14-1)42-30-34-46(35-31-42)65(58-23-8-5-18-51(58)54-21-13-22-55-52-19-6-11-26-61(52)67-63(54)55)48-39-56(64-57(40-48)53-20-7-12-27-62(53)68-64)43-32-36-47(37-33-43)66-59-24-9-3-16-49(59)50-17-4-10-25-60(50)66/h1-40H. The van der Waals surface area contributed by atoms with Crippen molar-refractivity contribution in [1.82, 2.24) is 4.57 Å². The van der Waals surface area contributed by atoms with Gasteiger partial charge in [-0.2, -0.15) is 0 Å². The summed E-state index contributed by atoms with van der Waals surface area (Å²) < 4.78 is 15.9. The minimum Gasteiger partial charge on any atom is -0.455 e. The Bertz CT molecular complexity index is 4210. The van der Waals surface area contributed by atoms with Gasteiger partial charge >= 0.3 is 0 Å². The Morgan fingerprint density at radius 1 is 0.309 bits per heavy atom. The average molecular weight is 869 g/mol. The van der Waals surface area contributed by atoms with Gasteiger partial charge in [-0.3, -0.25) is 0 Å². The summed E-state index contributed by atoms with van der Waals surface area (Å²) in [5, 5.41) is 9.26. The van der Waals surface area contributed by atoms with Crippen LogP contribution in [0.4, 0.5) is 17.1 Å². The van der Waals surface area contributed by atoms with Crippen LogP contribution in [0, 0.1) is 0 Å². The van der Waals surface area contributed by atoms with Crippen LogP contribution in [0.2, 0.25) is 0 Å². The third-order valence-corrected chi connectivity index (χ3v) is 13.8. The molecule has 0 fully saturated rings. The molecule has 318 valence electrons. The Kier molecular flexibility index (Phi) is 8.55. The monoisotopic (exact) mass is 868 g/mol. The fourth-order valence-corrected chi connectivity index (χ4v) is 10.6. The fourth-order valence-electron chi connectivity index (χ4n) is 10.6. The van der Waals surface area contributed by atoms with Gasteiger partial charge in [0.05, 0.1) is 16.7 Å². The van der Waals surface area contributed by atoms with Crippen molar-refractivity contribution in [3.8, 4) is 39.1 Å². The Balaban J connectivity index is 0.984. The molecule has 14 aromatic rings. The molecule has 0 N–H and O–H groups in total. The predicted octanol–water partition coefficient (Wildman–Crippen LogP) is 18.2. The zero-order valence-electron chi connectivity index (χ0n) is 36.8. The van der Waals surface area contributed by atoms with E-state index in [1.165, 1.54) is 38.1 Å². The largest absolute Gasteiger partial charge is 0.455 e. The van der Waals surface area contributed by atoms with Gasteiger partial charge in [-0.1, -0.05) is 170 Å². The van der Waals surface area contributed by atoms with E-state index in [1.54, 1.807) is 0 Å². The lowest BCUT2D eigenvalue weighted by Crippen LogP contribution is -2.11. The number of benzene rings is 11. The molecule has 11 aromatic carbocycles. The van der Waals surface area contributed by atoms with Crippen molar-refractivity contribution in [2.45, 2.75) is 0 Å². The molecule has 0 aliphatic rings. The van der Waals surface area contributed by atoms with E-state index in [0.29, 0.717) is 0 Å². The van der Waals surface area contributed by atoms with Gasteiger partial charge < -0.3 is 18.3 Å². The van der Waals surface area contributed by atoms with E-state index < -0.39 is 0 Å². The van der Waals surface area contributed by atoms with Crippen LogP contribution in [-0.4, -0.2) is 4.57 Å². The molecule has 0 radical (unpaired) electrons. The highest BCUT2D eigenvalue weighted by molar-refractivity contribution is 6.14. The van der Waals surface area contributed by atoms with Gasteiger partial charge in [0.25, 0.3) is 0 Å². The van der Waals surface area contributed by atoms with Crippen LogP contribution in [0.3, 0.4) is 0 Å². The third kappa shape index (κ3) is 6.01. The minimum atomic E-state index is 0.853. The lowest BCUT2D eigenvalue weighted by Gasteiger charge is -2.28. The maximum Gasteiger partial charge on any atom is 0.143 e. The molecule has 0 bridgehead atoms. The molecule has 14 rings (SSSR count). The van der Waals surface area contributed by atoms with E-state index in [0.717, 1.165) is 94.4 Å². The van der Waals surface area contributed by atoms with Gasteiger partial charge in [0.1, 0.15) is 22.3 Å². The maximum atomic E-state index is 6.83. The SMILES string of the molecule is c1ccc(N(c2ccc(-c3ccc4ccccc4c3)cc2)c2cc(-c3ccc(-n4c5ccccc5c5ccccc54)cc3)c3oc4ccccc4c3c2)c(-c2cccc3c2oc2ccccc23)c1. The lowest BCUT2D eigenvalue weighted by molar-refractivity contribution is 0.669. The van der Waals surface area contributed by atoms with E-state index in [-0.39, 0.29) is 0 Å². The second-order valence-electron chi connectivity index (χ2n) is 17.6. The zero-order chi connectivity index (χ0) is 44.7. The quantitative estimate of drug-likeness (QED) is 0.160. The number of para-hydroxylation sites is 6. The summed E-state index contributed by atoms with van der Waals surface area (Å²) in [6.45, 7) is 0. The number of fused-ring (bicyclic) bond motifs is 10. The summed E-state index contributed by atoms with van der Waals surface area (Å²) in [6.07, 6.45) is 0. The van der Waals surface area contributed by atoms with E-state index in [4.69, 9.17) is 8.83 Å². The van der Waals surface area contributed by atoms with Crippen molar-refractivity contribution in [1.29, 1.82) is 0 Å². The number of nitrogens with zero attached hydrogens (tertiary/aromatic N) is 2. The molecular weight excluding hydrogens is 829 g/mol. The molecule has 0 atom stereocenters. The third-order valence-electron chi connectivity index (χ3n) is 13.8. The highest BCUT2D eigenvalue weighted by atomic mass is 16.3. The first kappa shape index (κ1) is 38.2. The summed E-state index contributed by atoms with van der Waals surface area (Å²) >= 11 is 0. The topological polar surface area (TPSA) is 34.5 Å². The van der Waals surface area contributed by atoms with Crippen molar-refractivity contribution in [2.75, 3.05) is 4.90 Å². The highest BCUT2D eigenvalue weighted by Crippen LogP contribution is 2.48. The van der Waals surface area contributed by atoms with Crippen molar-refractivity contribution >= 4 is 93.5 Å². The molecule has 3 aromatic heterocycles. The summed E-state index contributed by atoms with van der Waals surface area (Å²) in [4.78, 5) is 2.40. The Morgan fingerprint density at radius 2 is 0.853 bits per heavy atom. The summed E-state index contributed by atoms with van der Waals surface area (Å²) in [5.41, 5.74) is 16.5. The second-order valence-corrected chi connectivity index (χ2v) is 17.6. The van der Waals surface area contributed by atoms with Crippen molar-refractivity contribution in [3.05, 3.63) is 243 Å². The van der Waals surface area contributed by atoms with Crippen LogP contribution in [0.1, 0.15) is 0 Å². The highest BCUT2D eigenvalue weighted by Gasteiger charge is 2.24. The van der Waals surface area contributed by atoms with Crippen LogP contribution in [-0.2, 0) is 0 Å². The number of furan rings is 2. The number of aromatic nitrogens is 1. The Morgan fingerprint density at radius 3 is 1.59 bits per heavy atom. The van der Waals surface area contributed by atoms with Crippen molar-refractivity contribution < 1.29 is 8.83 Å². The molecule has 0 aliphatic carbocycles. The first-order valence-corrected chi connectivity index (χ1v) is 23.2. The van der Waals surface area contributed by atoms with Crippen molar-refractivity contribution in [3.63, 3.8) is 0 Å². The molecule has 4 heteroatoms. The molecule has 0 spiro atoms. The Hall–Kier alpha value is -9.12. The molecule has 0 aliphatic heterocycles. The van der Waals surface area contributed by atoms with Crippen molar-refractivity contribution in [2.24, 2.45) is 0 Å². The number of rotatable bonds is 7. The van der Waals surface area contributed by atoms with Crippen LogP contribution in [0.15, 0.2) is 251 Å². The molecule has 0 amide bonds. The molecular formula is C64H40N2O2. The smallest absolute Gasteiger partial charge is 0.143 e. The molecule has 0 saturated heterocycles. The van der Waals surface area contributed by atoms with Gasteiger partial charge in [-0.15, -0.1) is 0 Å². The van der Waals surface area contributed by atoms with Gasteiger partial charge in [-0.25, -0.2) is 0 Å². The maximum absolute atomic E-state index is 6.83. The molecule has 68 heavy (non-hydrogen) atoms. The first-order valence-electron chi connectivity index (χ1n) is 23.2. The number of hydrogen-bond acceptors (Lipinski definition) is 3. The second kappa shape index (κ2) is 15.2. The Labute approximate surface area is 391 Å². The fraction of sp³-hybridized carbons (Fsp3) is 0. The number of hydrogen-bond donors (Lipinski definition) is 0. The summed E-state index contributed by atoms with van der Waals surface area (Å²) in [5.74, 6) is 0. The first-order chi connectivity index (χ1) is 33.7. The van der Waals surface area contributed by atoms with Crippen LogP contribution >= 0.6 is 0 Å². The van der Waals surface area contributed by atoms with Crippen LogP contribution in [0.25, 0.3) is 116 Å². The van der Waals surface area contributed by atoms with Gasteiger partial charge in [0.2, 0.25) is 0 Å². The van der Waals surface area contributed by atoms with E-state index in [2.05, 4.69) is 240 Å². The molecule has 3 heterocycles. The van der Waals surface area contributed by atoms with E-state index in [1.807, 2.05) is 12.1 Å². The normalized spacial score (nSPS) is 11.8. The number of anilines is 3. The molecule has 0 unspecified atom stereocenters. The average Bonchev–Trinajstić information content (AvgIpc) is 4.09. The van der Waals surface area contributed by atoms with Crippen LogP contribution in [0.5, 0.6) is 0 Å². The van der Waals surface area contributed by atoms with E-state index >= 15 is 0 Å². The zero-order valence-corrected chi connectivity index (χ0v) is 36.8. The molecule has 4 nitrogen and oxygen atoms in total.